The molecule has 1 aromatic carbocycles. The molecule has 0 aliphatic rings. The molecule has 0 N–H and O–H groups in total. The second-order valence-corrected chi connectivity index (χ2v) is 6.77. The number of pyridine rings is 1. The van der Waals surface area contributed by atoms with Crippen molar-refractivity contribution in [3.63, 3.8) is 0 Å². The fourth-order valence-electron chi connectivity index (χ4n) is 1.82. The molecule has 2 rings (SSSR count). The molecule has 0 saturated heterocycles. The Kier molecular flexibility index (Phi) is 4.81. The van der Waals surface area contributed by atoms with E-state index in [-0.39, 0.29) is 0 Å². The highest BCUT2D eigenvalue weighted by Gasteiger charge is 2.41. The average molecular weight is 275 g/mol. The summed E-state index contributed by atoms with van der Waals surface area (Å²) >= 11 is 0. The normalized spacial score (nSPS) is 11.5. The third-order valence-electron chi connectivity index (χ3n) is 2.84. The molecule has 0 atom stereocenters. The third kappa shape index (κ3) is 3.27. The molecule has 0 spiro atoms. The van der Waals surface area contributed by atoms with Gasteiger partial charge in [0.1, 0.15) is 0 Å². The van der Waals surface area contributed by atoms with Crippen molar-refractivity contribution >= 4 is 14.0 Å². The fraction of sp³-hybridized carbons (Fsp3) is 0.214. The highest BCUT2D eigenvalue weighted by atomic mass is 28.4. The molecule has 2 aromatic rings. The van der Waals surface area contributed by atoms with Crippen LogP contribution < -0.4 is 5.19 Å². The fourth-order valence-corrected chi connectivity index (χ4v) is 3.82. The number of rotatable bonds is 6. The molecular formula is C14H17NO3Si. The molecule has 1 heterocycles. The summed E-state index contributed by atoms with van der Waals surface area (Å²) in [6.45, 7) is 0.436. The molecular weight excluding hydrogens is 258 g/mol. The second-order valence-electron chi connectivity index (χ2n) is 3.97. The Bertz CT molecular complexity index is 489. The Morgan fingerprint density at radius 1 is 0.947 bits per heavy atom. The lowest BCUT2D eigenvalue weighted by molar-refractivity contribution is 0.107. The Balaban J connectivity index is 2.16. The maximum Gasteiger partial charge on any atom is 0.536 e. The number of aromatic nitrogens is 1. The minimum absolute atomic E-state index is 0.436. The summed E-state index contributed by atoms with van der Waals surface area (Å²) in [5.41, 5.74) is 1.04. The van der Waals surface area contributed by atoms with Crippen molar-refractivity contribution in [2.45, 2.75) is 6.61 Å². The summed E-state index contributed by atoms with van der Waals surface area (Å²) < 4.78 is 17.1. The molecule has 100 valence electrons. The van der Waals surface area contributed by atoms with Crippen LogP contribution in [0.1, 0.15) is 5.56 Å². The zero-order valence-electron chi connectivity index (χ0n) is 11.1. The van der Waals surface area contributed by atoms with Crippen LogP contribution in [0.3, 0.4) is 0 Å². The van der Waals surface area contributed by atoms with Gasteiger partial charge in [0.25, 0.3) is 0 Å². The Morgan fingerprint density at radius 3 is 2.16 bits per heavy atom. The van der Waals surface area contributed by atoms with Crippen LogP contribution in [0.25, 0.3) is 0 Å². The van der Waals surface area contributed by atoms with Gasteiger partial charge in [-0.1, -0.05) is 30.3 Å². The van der Waals surface area contributed by atoms with E-state index in [2.05, 4.69) is 4.98 Å². The van der Waals surface area contributed by atoms with Gasteiger partial charge in [0, 0.05) is 31.8 Å². The summed E-state index contributed by atoms with van der Waals surface area (Å²) in [5, 5.41) is 0.953. The standard InChI is InChI=1S/C14H17NO3Si/c1-16-19(17-2,14-6-4-3-5-7-14)18-12-13-8-10-15-11-9-13/h3-11H,12H2,1-2H3. The molecule has 0 radical (unpaired) electrons. The molecule has 0 aliphatic heterocycles. The first-order valence-electron chi connectivity index (χ1n) is 5.99. The zero-order chi connectivity index (χ0) is 13.6. The van der Waals surface area contributed by atoms with Gasteiger partial charge in [-0.15, -0.1) is 0 Å². The van der Waals surface area contributed by atoms with Crippen LogP contribution in [-0.2, 0) is 19.9 Å². The van der Waals surface area contributed by atoms with E-state index in [4.69, 9.17) is 13.3 Å². The summed E-state index contributed by atoms with van der Waals surface area (Å²) in [7, 11) is 0.418. The first kappa shape index (κ1) is 13.9. The van der Waals surface area contributed by atoms with Crippen molar-refractivity contribution in [3.05, 3.63) is 60.4 Å². The number of benzene rings is 1. The van der Waals surface area contributed by atoms with Crippen LogP contribution in [0.2, 0.25) is 0 Å². The van der Waals surface area contributed by atoms with Gasteiger partial charge < -0.3 is 13.3 Å². The molecule has 0 unspecified atom stereocenters. The average Bonchev–Trinajstić information content (AvgIpc) is 2.51. The van der Waals surface area contributed by atoms with Crippen LogP contribution in [-0.4, -0.2) is 28.0 Å². The van der Waals surface area contributed by atoms with E-state index >= 15 is 0 Å². The minimum atomic E-state index is -2.82. The zero-order valence-corrected chi connectivity index (χ0v) is 12.1. The molecule has 0 amide bonds. The molecule has 0 aliphatic carbocycles. The number of hydrogen-bond donors (Lipinski definition) is 0. The SMILES string of the molecule is CO[Si](OC)(OCc1ccncc1)c1ccccc1. The topological polar surface area (TPSA) is 40.6 Å². The Morgan fingerprint density at radius 2 is 1.58 bits per heavy atom. The number of nitrogens with zero attached hydrogens (tertiary/aromatic N) is 1. The van der Waals surface area contributed by atoms with Crippen LogP contribution in [0, 0.1) is 0 Å². The van der Waals surface area contributed by atoms with Gasteiger partial charge in [-0.05, 0) is 17.7 Å². The Hall–Kier alpha value is -1.53. The third-order valence-corrected chi connectivity index (χ3v) is 5.48. The molecule has 4 nitrogen and oxygen atoms in total. The molecule has 0 fully saturated rings. The van der Waals surface area contributed by atoms with Crippen molar-refractivity contribution in [2.24, 2.45) is 0 Å². The van der Waals surface area contributed by atoms with Crippen molar-refractivity contribution in [1.82, 2.24) is 4.98 Å². The summed E-state index contributed by atoms with van der Waals surface area (Å²) in [4.78, 5) is 3.98. The van der Waals surface area contributed by atoms with Crippen LogP contribution >= 0.6 is 0 Å². The van der Waals surface area contributed by atoms with Gasteiger partial charge >= 0.3 is 8.80 Å². The summed E-state index contributed by atoms with van der Waals surface area (Å²) in [5.74, 6) is 0. The largest absolute Gasteiger partial charge is 0.536 e. The van der Waals surface area contributed by atoms with Crippen LogP contribution in [0.15, 0.2) is 54.9 Å². The predicted molar refractivity (Wildman–Crippen MR) is 74.9 cm³/mol. The van der Waals surface area contributed by atoms with E-state index in [0.29, 0.717) is 6.61 Å². The summed E-state index contributed by atoms with van der Waals surface area (Å²) in [6, 6.07) is 13.6. The van der Waals surface area contributed by atoms with Gasteiger partial charge in [-0.3, -0.25) is 4.98 Å². The quantitative estimate of drug-likeness (QED) is 0.753. The van der Waals surface area contributed by atoms with E-state index in [1.54, 1.807) is 26.6 Å². The number of hydrogen-bond acceptors (Lipinski definition) is 4. The lowest BCUT2D eigenvalue weighted by Crippen LogP contribution is -2.55. The van der Waals surface area contributed by atoms with Crippen LogP contribution in [0.4, 0.5) is 0 Å². The minimum Gasteiger partial charge on any atom is -0.373 e. The van der Waals surface area contributed by atoms with Gasteiger partial charge in [0.05, 0.1) is 6.61 Å². The molecule has 19 heavy (non-hydrogen) atoms. The van der Waals surface area contributed by atoms with E-state index < -0.39 is 8.80 Å². The summed E-state index contributed by atoms with van der Waals surface area (Å²) in [6.07, 6.45) is 3.48. The first-order valence-corrected chi connectivity index (χ1v) is 7.72. The van der Waals surface area contributed by atoms with E-state index in [1.165, 1.54) is 0 Å². The maximum atomic E-state index is 5.97. The maximum absolute atomic E-state index is 5.97. The molecule has 0 saturated carbocycles. The van der Waals surface area contributed by atoms with Gasteiger partial charge in [0.15, 0.2) is 0 Å². The smallest absolute Gasteiger partial charge is 0.373 e. The van der Waals surface area contributed by atoms with Crippen molar-refractivity contribution < 1.29 is 13.3 Å². The van der Waals surface area contributed by atoms with Gasteiger partial charge in [-0.2, -0.15) is 0 Å². The molecule has 0 bridgehead atoms. The lowest BCUT2D eigenvalue weighted by atomic mass is 10.3. The highest BCUT2D eigenvalue weighted by Crippen LogP contribution is 2.11. The van der Waals surface area contributed by atoms with Crippen molar-refractivity contribution in [3.8, 4) is 0 Å². The highest BCUT2D eigenvalue weighted by molar-refractivity contribution is 6.75. The first-order chi connectivity index (χ1) is 9.30. The predicted octanol–water partition coefficient (Wildman–Crippen LogP) is 1.74. The van der Waals surface area contributed by atoms with Crippen molar-refractivity contribution in [1.29, 1.82) is 0 Å². The Labute approximate surface area is 114 Å². The van der Waals surface area contributed by atoms with Gasteiger partial charge in [-0.25, -0.2) is 0 Å². The lowest BCUT2D eigenvalue weighted by Gasteiger charge is -2.26. The second kappa shape index (κ2) is 6.58. The van der Waals surface area contributed by atoms with E-state index in [1.807, 2.05) is 42.5 Å². The van der Waals surface area contributed by atoms with Crippen LogP contribution in [0.5, 0.6) is 0 Å². The van der Waals surface area contributed by atoms with Gasteiger partial charge in [0.2, 0.25) is 0 Å². The monoisotopic (exact) mass is 275 g/mol. The van der Waals surface area contributed by atoms with E-state index in [9.17, 15) is 0 Å². The van der Waals surface area contributed by atoms with Crippen molar-refractivity contribution in [2.75, 3.05) is 14.2 Å². The molecule has 1 aromatic heterocycles. The molecule has 5 heteroatoms. The van der Waals surface area contributed by atoms with E-state index in [0.717, 1.165) is 10.8 Å².